The number of nitrogens with zero attached hydrogens (tertiary/aromatic N) is 3. The van der Waals surface area contributed by atoms with Crippen LogP contribution >= 0.6 is 11.6 Å². The van der Waals surface area contributed by atoms with E-state index >= 15 is 0 Å². The first-order valence-electron chi connectivity index (χ1n) is 11.0. The number of rotatable bonds is 4. The number of piperazine rings is 1. The van der Waals surface area contributed by atoms with Crippen LogP contribution in [0.3, 0.4) is 0 Å². The van der Waals surface area contributed by atoms with Crippen LogP contribution < -0.4 is 10.6 Å². The maximum atomic E-state index is 6.52. The number of aromatic amines is 1. The fourth-order valence-corrected chi connectivity index (χ4v) is 5.11. The van der Waals surface area contributed by atoms with Crippen LogP contribution in [0, 0.1) is 6.92 Å². The zero-order valence-corrected chi connectivity index (χ0v) is 18.2. The molecular weight excluding hydrogens is 396 g/mol. The zero-order chi connectivity index (χ0) is 20.5. The fraction of sp³-hybridized carbons (Fsp3) is 0.478. The third kappa shape index (κ3) is 4.04. The van der Waals surface area contributed by atoms with E-state index < -0.39 is 0 Å². The predicted octanol–water partition coefficient (Wildman–Crippen LogP) is 4.22. The number of halogens is 1. The highest BCUT2D eigenvalue weighted by Crippen LogP contribution is 2.33. The van der Waals surface area contributed by atoms with Crippen molar-refractivity contribution in [3.8, 4) is 11.3 Å². The van der Waals surface area contributed by atoms with Gasteiger partial charge in [-0.05, 0) is 44.7 Å². The molecule has 1 saturated heterocycles. The third-order valence-electron chi connectivity index (χ3n) is 6.48. The molecule has 0 bridgehead atoms. The number of H-pyrrole nitrogens is 1. The number of fused-ring (bicyclic) bond motifs is 1. The maximum Gasteiger partial charge on any atom is 0.223 e. The van der Waals surface area contributed by atoms with Gasteiger partial charge in [0.05, 0.1) is 16.9 Å². The first kappa shape index (κ1) is 19.8. The monoisotopic (exact) mass is 424 g/mol. The second kappa shape index (κ2) is 8.53. The number of anilines is 1. The number of aromatic nitrogens is 3. The summed E-state index contributed by atoms with van der Waals surface area (Å²) >= 11 is 6.52. The highest BCUT2D eigenvalue weighted by atomic mass is 35.5. The number of benzene rings is 1. The van der Waals surface area contributed by atoms with E-state index in [0.717, 1.165) is 61.2 Å². The summed E-state index contributed by atoms with van der Waals surface area (Å²) in [6, 6.07) is 7.43. The smallest absolute Gasteiger partial charge is 0.223 e. The summed E-state index contributed by atoms with van der Waals surface area (Å²) < 4.78 is 0. The molecule has 1 aliphatic carbocycles. The van der Waals surface area contributed by atoms with E-state index in [1.807, 2.05) is 6.20 Å². The van der Waals surface area contributed by atoms with Crippen molar-refractivity contribution in [3.63, 3.8) is 0 Å². The van der Waals surface area contributed by atoms with Gasteiger partial charge in [-0.1, -0.05) is 23.2 Å². The molecule has 6 nitrogen and oxygen atoms in total. The summed E-state index contributed by atoms with van der Waals surface area (Å²) in [4.78, 5) is 15.3. The number of aryl methyl sites for hydroxylation is 1. The van der Waals surface area contributed by atoms with Gasteiger partial charge in [-0.15, -0.1) is 0 Å². The topological polar surface area (TPSA) is 68.9 Å². The first-order chi connectivity index (χ1) is 14.7. The molecule has 0 radical (unpaired) electrons. The minimum Gasteiger partial charge on any atom is -0.360 e. The summed E-state index contributed by atoms with van der Waals surface area (Å²) in [5, 5.41) is 8.77. The van der Waals surface area contributed by atoms with Crippen molar-refractivity contribution in [2.45, 2.75) is 44.7 Å². The van der Waals surface area contributed by atoms with Gasteiger partial charge in [-0.25, -0.2) is 9.97 Å². The average Bonchev–Trinajstić information content (AvgIpc) is 3.19. The molecule has 0 amide bonds. The van der Waals surface area contributed by atoms with Crippen LogP contribution in [0.15, 0.2) is 30.6 Å². The van der Waals surface area contributed by atoms with Crippen molar-refractivity contribution >= 4 is 28.5 Å². The van der Waals surface area contributed by atoms with Gasteiger partial charge in [0.1, 0.15) is 0 Å². The Hall–Kier alpha value is -2.15. The lowest BCUT2D eigenvalue weighted by atomic mass is 9.89. The first-order valence-corrected chi connectivity index (χ1v) is 11.4. The van der Waals surface area contributed by atoms with Gasteiger partial charge >= 0.3 is 0 Å². The van der Waals surface area contributed by atoms with Crippen LogP contribution in [-0.4, -0.2) is 58.1 Å². The lowest BCUT2D eigenvalue weighted by Crippen LogP contribution is -2.50. The van der Waals surface area contributed by atoms with E-state index in [1.54, 1.807) is 6.20 Å². The molecule has 5 rings (SSSR count). The molecule has 1 saturated carbocycles. The molecule has 0 spiro atoms. The Balaban J connectivity index is 1.36. The van der Waals surface area contributed by atoms with Crippen molar-refractivity contribution in [2.75, 3.05) is 31.5 Å². The van der Waals surface area contributed by atoms with Crippen LogP contribution in [0.25, 0.3) is 22.2 Å². The van der Waals surface area contributed by atoms with E-state index in [2.05, 4.69) is 50.6 Å². The normalized spacial score (nSPS) is 23.0. The van der Waals surface area contributed by atoms with Crippen molar-refractivity contribution < 1.29 is 0 Å². The van der Waals surface area contributed by atoms with E-state index in [4.69, 9.17) is 16.6 Å². The van der Waals surface area contributed by atoms with Gasteiger partial charge in [0, 0.05) is 60.9 Å². The van der Waals surface area contributed by atoms with Gasteiger partial charge in [-0.2, -0.15) is 0 Å². The molecule has 30 heavy (non-hydrogen) atoms. The van der Waals surface area contributed by atoms with E-state index in [9.17, 15) is 0 Å². The minimum atomic E-state index is 0.401. The largest absolute Gasteiger partial charge is 0.360 e. The Morgan fingerprint density at radius 3 is 2.93 bits per heavy atom. The number of hydrogen-bond donors (Lipinski definition) is 3. The summed E-state index contributed by atoms with van der Waals surface area (Å²) in [6.45, 7) is 6.60. The molecule has 7 heteroatoms. The molecule has 2 aromatic heterocycles. The number of hydrogen-bond acceptors (Lipinski definition) is 5. The van der Waals surface area contributed by atoms with Crippen molar-refractivity contribution in [1.82, 2.24) is 25.2 Å². The summed E-state index contributed by atoms with van der Waals surface area (Å²) in [5.41, 5.74) is 4.10. The second-order valence-electron chi connectivity index (χ2n) is 8.59. The number of nitrogens with one attached hydrogen (secondary N) is 3. The maximum absolute atomic E-state index is 6.52. The zero-order valence-electron chi connectivity index (χ0n) is 17.4. The minimum absolute atomic E-state index is 0.401. The van der Waals surface area contributed by atoms with Crippen molar-refractivity contribution in [1.29, 1.82) is 0 Å². The highest BCUT2D eigenvalue weighted by molar-refractivity contribution is 6.33. The Bertz CT molecular complexity index is 1030. The van der Waals surface area contributed by atoms with E-state index in [-0.39, 0.29) is 0 Å². The SMILES string of the molecule is Cc1ccc2[nH]cc(-c3nc(N[C@@H]4CCC[C@H](N5CCNCC5)C4)ncc3Cl)c2c1. The molecule has 3 heterocycles. The fourth-order valence-electron chi connectivity index (χ4n) is 4.91. The molecule has 1 aromatic carbocycles. The molecule has 2 fully saturated rings. The van der Waals surface area contributed by atoms with Gasteiger partial charge in [0.25, 0.3) is 0 Å². The van der Waals surface area contributed by atoms with Crippen LogP contribution in [0.4, 0.5) is 5.95 Å². The van der Waals surface area contributed by atoms with Gasteiger partial charge < -0.3 is 15.6 Å². The van der Waals surface area contributed by atoms with Crippen LogP contribution in [0.5, 0.6) is 0 Å². The predicted molar refractivity (Wildman–Crippen MR) is 123 cm³/mol. The van der Waals surface area contributed by atoms with Gasteiger partial charge in [0.2, 0.25) is 5.95 Å². The quantitative estimate of drug-likeness (QED) is 0.585. The molecule has 3 N–H and O–H groups in total. The molecule has 0 unspecified atom stereocenters. The molecule has 158 valence electrons. The highest BCUT2D eigenvalue weighted by Gasteiger charge is 2.28. The average molecular weight is 425 g/mol. The van der Waals surface area contributed by atoms with E-state index in [0.29, 0.717) is 23.1 Å². The van der Waals surface area contributed by atoms with Crippen LogP contribution in [-0.2, 0) is 0 Å². The Morgan fingerprint density at radius 2 is 2.07 bits per heavy atom. The standard InChI is InChI=1S/C23H29ClN6/c1-15-5-6-21-18(11-15)19(13-26-21)22-20(24)14-27-23(29-22)28-16-3-2-4-17(12-16)30-9-7-25-8-10-30/h5-6,11,13-14,16-17,25-26H,2-4,7-10,12H2,1H3,(H,27,28,29)/t16-,17+/m1/s1. The molecule has 1 aliphatic heterocycles. The van der Waals surface area contributed by atoms with Crippen LogP contribution in [0.1, 0.15) is 31.2 Å². The molecule has 2 aliphatic rings. The lowest BCUT2D eigenvalue weighted by Gasteiger charge is -2.39. The summed E-state index contributed by atoms with van der Waals surface area (Å²) in [5.74, 6) is 0.669. The Morgan fingerprint density at radius 1 is 1.20 bits per heavy atom. The van der Waals surface area contributed by atoms with Crippen LogP contribution in [0.2, 0.25) is 5.02 Å². The summed E-state index contributed by atoms with van der Waals surface area (Å²) in [7, 11) is 0. The summed E-state index contributed by atoms with van der Waals surface area (Å²) in [6.07, 6.45) is 8.55. The van der Waals surface area contributed by atoms with Crippen molar-refractivity contribution in [3.05, 3.63) is 41.2 Å². The van der Waals surface area contributed by atoms with Gasteiger partial charge in [-0.3, -0.25) is 4.90 Å². The van der Waals surface area contributed by atoms with E-state index in [1.165, 1.54) is 18.4 Å². The molecule has 2 atom stereocenters. The van der Waals surface area contributed by atoms with Gasteiger partial charge in [0.15, 0.2) is 0 Å². The second-order valence-corrected chi connectivity index (χ2v) is 9.00. The molecular formula is C23H29ClN6. The molecule has 3 aromatic rings. The lowest BCUT2D eigenvalue weighted by molar-refractivity contribution is 0.134. The Labute approximate surface area is 182 Å². The Kier molecular flexibility index (Phi) is 5.63. The third-order valence-corrected chi connectivity index (χ3v) is 6.76. The van der Waals surface area contributed by atoms with Crippen molar-refractivity contribution in [2.24, 2.45) is 0 Å².